The molecule has 0 saturated carbocycles. The van der Waals surface area contributed by atoms with E-state index in [1.165, 1.54) is 11.1 Å². The number of fused-ring (bicyclic) bond motifs is 1. The van der Waals surface area contributed by atoms with E-state index < -0.39 is 0 Å². The third kappa shape index (κ3) is 2.95. The maximum atomic E-state index is 13.0. The van der Waals surface area contributed by atoms with Crippen molar-refractivity contribution in [3.63, 3.8) is 0 Å². The third-order valence-corrected chi connectivity index (χ3v) is 7.24. The number of carbonyl (C=O) groups is 1. The molecule has 2 aromatic rings. The van der Waals surface area contributed by atoms with Crippen molar-refractivity contribution < 1.29 is 9.21 Å². The fourth-order valence-corrected chi connectivity index (χ4v) is 5.79. The van der Waals surface area contributed by atoms with Crippen molar-refractivity contribution in [2.45, 2.75) is 32.4 Å². The van der Waals surface area contributed by atoms with Crippen LogP contribution in [-0.4, -0.2) is 53.4 Å². The minimum Gasteiger partial charge on any atom is -0.472 e. The number of nitrogens with zero attached hydrogens (tertiary/aromatic N) is 3. The summed E-state index contributed by atoms with van der Waals surface area (Å²) in [6.07, 6.45) is 10.5. The number of pyridine rings is 1. The maximum absolute atomic E-state index is 13.0. The second-order valence-electron chi connectivity index (χ2n) is 8.78. The molecule has 1 atom stereocenters. The molecule has 0 bridgehead atoms. The highest BCUT2D eigenvalue weighted by Gasteiger charge is 2.63. The minimum absolute atomic E-state index is 0.0860. The number of nitrogens with one attached hydrogen (secondary N) is 1. The van der Waals surface area contributed by atoms with Crippen molar-refractivity contribution >= 4 is 5.91 Å². The molecule has 6 heteroatoms. The first-order valence-electron chi connectivity index (χ1n) is 10.3. The Balaban J connectivity index is 1.34. The molecule has 3 fully saturated rings. The minimum atomic E-state index is -0.225. The smallest absolute Gasteiger partial charge is 0.228 e. The van der Waals surface area contributed by atoms with Crippen LogP contribution in [0.5, 0.6) is 0 Å². The fourth-order valence-electron chi connectivity index (χ4n) is 5.79. The van der Waals surface area contributed by atoms with Crippen LogP contribution in [0.2, 0.25) is 0 Å². The van der Waals surface area contributed by atoms with Crippen LogP contribution in [-0.2, 0) is 17.9 Å². The van der Waals surface area contributed by atoms with Gasteiger partial charge < -0.3 is 9.73 Å². The van der Waals surface area contributed by atoms with Crippen molar-refractivity contribution in [3.05, 3.63) is 54.2 Å². The molecule has 0 aliphatic carbocycles. The largest absolute Gasteiger partial charge is 0.472 e. The number of furan rings is 1. The first kappa shape index (κ1) is 17.9. The Bertz CT molecular complexity index is 814. The Kier molecular flexibility index (Phi) is 4.48. The molecule has 2 aromatic heterocycles. The van der Waals surface area contributed by atoms with E-state index in [4.69, 9.17) is 4.42 Å². The summed E-state index contributed by atoms with van der Waals surface area (Å²) >= 11 is 0. The molecule has 0 unspecified atom stereocenters. The normalized spacial score (nSPS) is 27.6. The molecule has 0 radical (unpaired) electrons. The zero-order valence-electron chi connectivity index (χ0n) is 16.3. The molecule has 6 nitrogen and oxygen atoms in total. The quantitative estimate of drug-likeness (QED) is 0.882. The van der Waals surface area contributed by atoms with Gasteiger partial charge in [-0.2, -0.15) is 0 Å². The zero-order chi connectivity index (χ0) is 19.0. The highest BCUT2D eigenvalue weighted by molar-refractivity contribution is 5.86. The number of piperidine rings is 1. The van der Waals surface area contributed by atoms with E-state index in [1.54, 1.807) is 6.26 Å². The van der Waals surface area contributed by atoms with Gasteiger partial charge in [-0.3, -0.25) is 19.6 Å². The van der Waals surface area contributed by atoms with E-state index in [-0.39, 0.29) is 16.7 Å². The number of hydrogen-bond acceptors (Lipinski definition) is 5. The molecule has 3 aliphatic rings. The van der Waals surface area contributed by atoms with Gasteiger partial charge in [-0.1, -0.05) is 6.07 Å². The van der Waals surface area contributed by atoms with Crippen molar-refractivity contribution in [3.8, 4) is 0 Å². The Labute approximate surface area is 165 Å². The van der Waals surface area contributed by atoms with Gasteiger partial charge >= 0.3 is 0 Å². The lowest BCUT2D eigenvalue weighted by atomic mass is 9.60. The highest BCUT2D eigenvalue weighted by atomic mass is 16.3. The molecule has 2 spiro atoms. The van der Waals surface area contributed by atoms with E-state index >= 15 is 0 Å². The lowest BCUT2D eigenvalue weighted by molar-refractivity contribution is -0.134. The van der Waals surface area contributed by atoms with Gasteiger partial charge in [0, 0.05) is 56.1 Å². The summed E-state index contributed by atoms with van der Waals surface area (Å²) in [7, 11) is 0. The van der Waals surface area contributed by atoms with Crippen LogP contribution in [0.25, 0.3) is 0 Å². The van der Waals surface area contributed by atoms with E-state index in [2.05, 4.69) is 26.2 Å². The number of likely N-dealkylation sites (tertiary alicyclic amines) is 2. The molecule has 1 N–H and O–H groups in total. The molecule has 1 amide bonds. The van der Waals surface area contributed by atoms with Crippen LogP contribution in [0.1, 0.15) is 30.4 Å². The van der Waals surface area contributed by atoms with E-state index in [0.717, 1.165) is 65.1 Å². The number of rotatable bonds is 4. The molecule has 3 saturated heterocycles. The molecule has 28 heavy (non-hydrogen) atoms. The second-order valence-corrected chi connectivity index (χ2v) is 8.78. The predicted octanol–water partition coefficient (Wildman–Crippen LogP) is 2.28. The lowest BCUT2D eigenvalue weighted by Crippen LogP contribution is -2.52. The Morgan fingerprint density at radius 3 is 2.61 bits per heavy atom. The van der Waals surface area contributed by atoms with E-state index in [1.807, 2.05) is 30.8 Å². The third-order valence-electron chi connectivity index (χ3n) is 7.24. The Hall–Kier alpha value is -2.18. The van der Waals surface area contributed by atoms with Crippen LogP contribution >= 0.6 is 0 Å². The Morgan fingerprint density at radius 1 is 1.07 bits per heavy atom. The predicted molar refractivity (Wildman–Crippen MR) is 105 cm³/mol. The van der Waals surface area contributed by atoms with Crippen molar-refractivity contribution in [2.24, 2.45) is 10.8 Å². The summed E-state index contributed by atoms with van der Waals surface area (Å²) in [5, 5.41) is 3.15. The maximum Gasteiger partial charge on any atom is 0.228 e. The zero-order valence-corrected chi connectivity index (χ0v) is 16.3. The van der Waals surface area contributed by atoms with Crippen LogP contribution in [0.4, 0.5) is 0 Å². The second kappa shape index (κ2) is 7.01. The number of aromatic nitrogens is 1. The van der Waals surface area contributed by atoms with Crippen LogP contribution in [0.15, 0.2) is 47.5 Å². The Morgan fingerprint density at radius 2 is 1.93 bits per heavy atom. The molecule has 148 valence electrons. The molecule has 0 aromatic carbocycles. The SMILES string of the molecule is O=C1NCC[C@@]12CN(Cc1cccnc1)CC21CCN(Cc2ccoc2)CC1. The summed E-state index contributed by atoms with van der Waals surface area (Å²) in [5.74, 6) is 0.282. The number of carbonyl (C=O) groups excluding carboxylic acids is 1. The van der Waals surface area contributed by atoms with Crippen molar-refractivity contribution in [2.75, 3.05) is 32.7 Å². The van der Waals surface area contributed by atoms with Crippen LogP contribution in [0.3, 0.4) is 0 Å². The van der Waals surface area contributed by atoms with Crippen molar-refractivity contribution in [1.82, 2.24) is 20.1 Å². The van der Waals surface area contributed by atoms with Gasteiger partial charge in [-0.05, 0) is 50.0 Å². The average molecular weight is 380 g/mol. The summed E-state index contributed by atoms with van der Waals surface area (Å²) in [5.41, 5.74) is 2.32. The first-order valence-corrected chi connectivity index (χ1v) is 10.3. The first-order chi connectivity index (χ1) is 13.7. The number of hydrogen-bond donors (Lipinski definition) is 1. The molecular formula is C22H28N4O2. The molecule has 5 rings (SSSR count). The molecule has 3 aliphatic heterocycles. The van der Waals surface area contributed by atoms with Gasteiger partial charge in [0.25, 0.3) is 0 Å². The van der Waals surface area contributed by atoms with E-state index in [9.17, 15) is 4.79 Å². The number of amides is 1. The fraction of sp³-hybridized carbons (Fsp3) is 0.545. The van der Waals surface area contributed by atoms with Gasteiger partial charge in [0.05, 0.1) is 17.9 Å². The summed E-state index contributed by atoms with van der Waals surface area (Å²) in [6.45, 7) is 6.60. The van der Waals surface area contributed by atoms with Crippen LogP contribution < -0.4 is 5.32 Å². The van der Waals surface area contributed by atoms with Gasteiger partial charge in [0.1, 0.15) is 0 Å². The van der Waals surface area contributed by atoms with Gasteiger partial charge in [0.2, 0.25) is 5.91 Å². The molecular weight excluding hydrogens is 352 g/mol. The van der Waals surface area contributed by atoms with Gasteiger partial charge in [-0.25, -0.2) is 0 Å². The van der Waals surface area contributed by atoms with E-state index in [0.29, 0.717) is 0 Å². The monoisotopic (exact) mass is 380 g/mol. The summed E-state index contributed by atoms with van der Waals surface area (Å²) in [6, 6.07) is 6.17. The average Bonchev–Trinajstić information content (AvgIpc) is 3.41. The topological polar surface area (TPSA) is 61.6 Å². The van der Waals surface area contributed by atoms with Gasteiger partial charge in [-0.15, -0.1) is 0 Å². The standard InChI is InChI=1S/C22H28N4O2/c27-20-22(4-8-24-20)17-26(13-18-2-1-7-23-12-18)16-21(22)5-9-25(10-6-21)14-19-3-11-28-15-19/h1-3,7,11-12,15H,4-6,8-10,13-14,16-17H2,(H,24,27)/t22-/m1/s1. The summed E-state index contributed by atoms with van der Waals surface area (Å²) < 4.78 is 5.22. The lowest BCUT2D eigenvalue weighted by Gasteiger charge is -2.46. The molecule has 5 heterocycles. The van der Waals surface area contributed by atoms with Crippen LogP contribution in [0, 0.1) is 10.8 Å². The van der Waals surface area contributed by atoms with Gasteiger partial charge in [0.15, 0.2) is 0 Å². The highest BCUT2D eigenvalue weighted by Crippen LogP contribution is 2.56. The summed E-state index contributed by atoms with van der Waals surface area (Å²) in [4.78, 5) is 22.3. The van der Waals surface area contributed by atoms with Crippen molar-refractivity contribution in [1.29, 1.82) is 0 Å².